The molecule has 0 aliphatic carbocycles. The van der Waals surface area contributed by atoms with Crippen LogP contribution < -0.4 is 10.5 Å². The first-order valence-corrected chi connectivity index (χ1v) is 6.34. The van der Waals surface area contributed by atoms with Crippen LogP contribution in [0.1, 0.15) is 32.6 Å². The van der Waals surface area contributed by atoms with E-state index in [1.165, 1.54) is 0 Å². The molecule has 2 rings (SSSR count). The third kappa shape index (κ3) is 3.49. The molecule has 5 nitrogen and oxygen atoms in total. The summed E-state index contributed by atoms with van der Waals surface area (Å²) in [5.74, 6) is 1.81. The first kappa shape index (κ1) is 16.5. The number of rotatable bonds is 5. The molecule has 0 aliphatic rings. The van der Waals surface area contributed by atoms with Crippen molar-refractivity contribution in [1.29, 1.82) is 0 Å². The highest BCUT2D eigenvalue weighted by atomic mass is 35.5. The molecule has 0 bridgehead atoms. The predicted molar refractivity (Wildman–Crippen MR) is 80.0 cm³/mol. The summed E-state index contributed by atoms with van der Waals surface area (Å²) >= 11 is 0. The van der Waals surface area contributed by atoms with Crippen molar-refractivity contribution in [2.75, 3.05) is 7.11 Å². The predicted octanol–water partition coefficient (Wildman–Crippen LogP) is 3.14. The molecule has 0 saturated heterocycles. The van der Waals surface area contributed by atoms with Crippen LogP contribution in [0.4, 0.5) is 0 Å². The maximum atomic E-state index is 6.17. The first-order chi connectivity index (χ1) is 9.06. The summed E-state index contributed by atoms with van der Waals surface area (Å²) in [6.45, 7) is 3.98. The zero-order valence-electron chi connectivity index (χ0n) is 11.9. The van der Waals surface area contributed by atoms with Crippen LogP contribution in [0.25, 0.3) is 11.4 Å². The maximum Gasteiger partial charge on any atom is 0.246 e. The Hall–Kier alpha value is -1.59. The van der Waals surface area contributed by atoms with Crippen LogP contribution in [0.3, 0.4) is 0 Å². The van der Waals surface area contributed by atoms with E-state index < -0.39 is 5.54 Å². The quantitative estimate of drug-likeness (QED) is 0.917. The van der Waals surface area contributed by atoms with Crippen molar-refractivity contribution >= 4 is 12.4 Å². The highest BCUT2D eigenvalue weighted by Gasteiger charge is 2.27. The lowest BCUT2D eigenvalue weighted by Gasteiger charge is -2.18. The molecule has 0 radical (unpaired) electrons. The van der Waals surface area contributed by atoms with Crippen LogP contribution in [0.15, 0.2) is 28.8 Å². The molecule has 110 valence electrons. The van der Waals surface area contributed by atoms with E-state index in [0.29, 0.717) is 11.7 Å². The topological polar surface area (TPSA) is 74.2 Å². The average Bonchev–Trinajstić information content (AvgIpc) is 2.89. The van der Waals surface area contributed by atoms with E-state index in [1.54, 1.807) is 7.11 Å². The first-order valence-electron chi connectivity index (χ1n) is 6.34. The van der Waals surface area contributed by atoms with Crippen LogP contribution in [0, 0.1) is 0 Å². The van der Waals surface area contributed by atoms with E-state index in [0.717, 1.165) is 24.2 Å². The third-order valence-corrected chi connectivity index (χ3v) is 3.03. The molecule has 0 aliphatic heterocycles. The number of benzene rings is 1. The van der Waals surface area contributed by atoms with Gasteiger partial charge in [-0.25, -0.2) is 0 Å². The number of aromatic nitrogens is 2. The molecule has 1 unspecified atom stereocenters. The second-order valence-electron chi connectivity index (χ2n) is 4.82. The van der Waals surface area contributed by atoms with E-state index in [4.69, 9.17) is 15.0 Å². The minimum atomic E-state index is -0.577. The molecule has 0 saturated carbocycles. The van der Waals surface area contributed by atoms with Gasteiger partial charge in [0.05, 0.1) is 12.6 Å². The highest BCUT2D eigenvalue weighted by Crippen LogP contribution is 2.25. The van der Waals surface area contributed by atoms with Gasteiger partial charge in [-0.2, -0.15) is 4.98 Å². The Morgan fingerprint density at radius 1 is 1.30 bits per heavy atom. The van der Waals surface area contributed by atoms with Crippen LogP contribution in [-0.2, 0) is 5.54 Å². The summed E-state index contributed by atoms with van der Waals surface area (Å²) in [5.41, 5.74) is 6.47. The molecule has 20 heavy (non-hydrogen) atoms. The van der Waals surface area contributed by atoms with Crippen LogP contribution in [0.2, 0.25) is 0 Å². The Kier molecular flexibility index (Phi) is 5.53. The molecular formula is C14H20ClN3O2. The van der Waals surface area contributed by atoms with E-state index >= 15 is 0 Å². The van der Waals surface area contributed by atoms with E-state index in [2.05, 4.69) is 17.1 Å². The van der Waals surface area contributed by atoms with Crippen LogP contribution >= 0.6 is 12.4 Å². The van der Waals surface area contributed by atoms with Gasteiger partial charge in [0.15, 0.2) is 0 Å². The van der Waals surface area contributed by atoms with Crippen molar-refractivity contribution in [3.8, 4) is 17.1 Å². The zero-order valence-corrected chi connectivity index (χ0v) is 12.7. The molecule has 2 aromatic rings. The van der Waals surface area contributed by atoms with Crippen molar-refractivity contribution in [1.82, 2.24) is 10.1 Å². The largest absolute Gasteiger partial charge is 0.497 e. The van der Waals surface area contributed by atoms with Gasteiger partial charge in [0.25, 0.3) is 0 Å². The smallest absolute Gasteiger partial charge is 0.246 e. The second kappa shape index (κ2) is 6.72. The number of methoxy groups -OCH3 is 1. The van der Waals surface area contributed by atoms with Crippen molar-refractivity contribution in [3.63, 3.8) is 0 Å². The van der Waals surface area contributed by atoms with Crippen LogP contribution in [0.5, 0.6) is 5.75 Å². The molecule has 6 heteroatoms. The van der Waals surface area contributed by atoms with Gasteiger partial charge in [0.1, 0.15) is 5.75 Å². The number of ether oxygens (including phenoxy) is 1. The maximum absolute atomic E-state index is 6.17. The fourth-order valence-corrected chi connectivity index (χ4v) is 1.94. The van der Waals surface area contributed by atoms with E-state index in [1.807, 2.05) is 31.2 Å². The Morgan fingerprint density at radius 3 is 2.50 bits per heavy atom. The van der Waals surface area contributed by atoms with Gasteiger partial charge in [0.2, 0.25) is 11.7 Å². The molecule has 1 aromatic carbocycles. The average molecular weight is 298 g/mol. The highest BCUT2D eigenvalue weighted by molar-refractivity contribution is 5.85. The summed E-state index contributed by atoms with van der Waals surface area (Å²) in [5, 5.41) is 3.98. The van der Waals surface area contributed by atoms with Gasteiger partial charge in [-0.05, 0) is 37.6 Å². The van der Waals surface area contributed by atoms with Crippen molar-refractivity contribution in [2.45, 2.75) is 32.2 Å². The Labute approximate surface area is 124 Å². The monoisotopic (exact) mass is 297 g/mol. The molecule has 0 fully saturated rings. The number of hydrogen-bond donors (Lipinski definition) is 1. The number of nitrogens with zero attached hydrogens (tertiary/aromatic N) is 2. The van der Waals surface area contributed by atoms with Gasteiger partial charge in [0, 0.05) is 5.56 Å². The van der Waals surface area contributed by atoms with Gasteiger partial charge in [-0.1, -0.05) is 18.5 Å². The molecule has 1 heterocycles. The van der Waals surface area contributed by atoms with Gasteiger partial charge in [-0.15, -0.1) is 12.4 Å². The zero-order chi connectivity index (χ0) is 13.9. The SMILES string of the molecule is CCCC(C)(N)c1nc(-c2ccc(OC)cc2)no1.Cl. The van der Waals surface area contributed by atoms with Gasteiger partial charge in [-0.3, -0.25) is 0 Å². The third-order valence-electron chi connectivity index (χ3n) is 3.03. The molecule has 1 aromatic heterocycles. The van der Waals surface area contributed by atoms with Crippen molar-refractivity contribution < 1.29 is 9.26 Å². The lowest BCUT2D eigenvalue weighted by Crippen LogP contribution is -2.33. The molecule has 1 atom stereocenters. The molecule has 2 N–H and O–H groups in total. The van der Waals surface area contributed by atoms with E-state index in [9.17, 15) is 0 Å². The normalized spacial score (nSPS) is 13.4. The summed E-state index contributed by atoms with van der Waals surface area (Å²) in [4.78, 5) is 4.38. The molecule has 0 amide bonds. The van der Waals surface area contributed by atoms with Crippen molar-refractivity contribution in [2.24, 2.45) is 5.73 Å². The molecule has 0 spiro atoms. The number of nitrogens with two attached hydrogens (primary N) is 1. The standard InChI is InChI=1S/C14H19N3O2.ClH/c1-4-9-14(2,15)13-16-12(17-19-13)10-5-7-11(18-3)8-6-10;/h5-8H,4,9,15H2,1-3H3;1H. The Morgan fingerprint density at radius 2 is 1.95 bits per heavy atom. The number of hydrogen-bond acceptors (Lipinski definition) is 5. The molecular weight excluding hydrogens is 278 g/mol. The summed E-state index contributed by atoms with van der Waals surface area (Å²) < 4.78 is 10.4. The van der Waals surface area contributed by atoms with Crippen LogP contribution in [-0.4, -0.2) is 17.3 Å². The fourth-order valence-electron chi connectivity index (χ4n) is 1.94. The Balaban J connectivity index is 0.00000200. The summed E-state index contributed by atoms with van der Waals surface area (Å²) in [7, 11) is 1.63. The summed E-state index contributed by atoms with van der Waals surface area (Å²) in [6.07, 6.45) is 1.77. The lowest BCUT2D eigenvalue weighted by atomic mass is 9.98. The van der Waals surface area contributed by atoms with Crippen molar-refractivity contribution in [3.05, 3.63) is 30.2 Å². The number of halogens is 1. The van der Waals surface area contributed by atoms with Gasteiger partial charge < -0.3 is 15.0 Å². The Bertz CT molecular complexity index is 538. The summed E-state index contributed by atoms with van der Waals surface area (Å²) in [6, 6.07) is 7.50. The fraction of sp³-hybridized carbons (Fsp3) is 0.429. The van der Waals surface area contributed by atoms with E-state index in [-0.39, 0.29) is 12.4 Å². The second-order valence-corrected chi connectivity index (χ2v) is 4.82. The minimum Gasteiger partial charge on any atom is -0.497 e. The lowest BCUT2D eigenvalue weighted by molar-refractivity contribution is 0.284. The minimum absolute atomic E-state index is 0. The van der Waals surface area contributed by atoms with Gasteiger partial charge >= 0.3 is 0 Å².